The van der Waals surface area contributed by atoms with E-state index in [0.717, 1.165) is 30.6 Å². The molecule has 106 valence electrons. The Morgan fingerprint density at radius 1 is 1.32 bits per heavy atom. The standard InChI is InChI=1S/C17H26O2/c1-3-5-6-15-14-8-12-7-13(9-14)11-17(15,10-12)19-16(18)4-2/h4,12-15H,2-3,5-11H2,1H3. The zero-order chi connectivity index (χ0) is 13.5. The third kappa shape index (κ3) is 2.23. The van der Waals surface area contributed by atoms with Gasteiger partial charge in [-0.2, -0.15) is 0 Å². The molecule has 0 aromatic carbocycles. The van der Waals surface area contributed by atoms with Crippen LogP contribution in [-0.2, 0) is 9.53 Å². The minimum atomic E-state index is -0.205. The maximum atomic E-state index is 11.8. The fourth-order valence-electron chi connectivity index (χ4n) is 5.39. The zero-order valence-electron chi connectivity index (χ0n) is 12.1. The van der Waals surface area contributed by atoms with Crippen LogP contribution in [0.25, 0.3) is 0 Å². The lowest BCUT2D eigenvalue weighted by atomic mass is 9.49. The molecule has 2 heteroatoms. The molecule has 0 radical (unpaired) electrons. The molecule has 4 fully saturated rings. The number of hydrogen-bond acceptors (Lipinski definition) is 2. The molecule has 4 rings (SSSR count). The third-order valence-electron chi connectivity index (χ3n) is 5.79. The molecule has 3 unspecified atom stereocenters. The summed E-state index contributed by atoms with van der Waals surface area (Å²) in [6.45, 7) is 5.82. The van der Waals surface area contributed by atoms with Gasteiger partial charge in [0.25, 0.3) is 0 Å². The Labute approximate surface area is 116 Å². The molecule has 0 amide bonds. The Hall–Kier alpha value is -0.790. The van der Waals surface area contributed by atoms with Gasteiger partial charge in [0.1, 0.15) is 5.60 Å². The summed E-state index contributed by atoms with van der Waals surface area (Å²) >= 11 is 0. The summed E-state index contributed by atoms with van der Waals surface area (Å²) in [5.74, 6) is 2.85. The van der Waals surface area contributed by atoms with Gasteiger partial charge in [-0.1, -0.05) is 26.3 Å². The van der Waals surface area contributed by atoms with Crippen LogP contribution >= 0.6 is 0 Å². The van der Waals surface area contributed by atoms with Gasteiger partial charge >= 0.3 is 5.97 Å². The van der Waals surface area contributed by atoms with Gasteiger partial charge in [0.05, 0.1) is 0 Å². The lowest BCUT2D eigenvalue weighted by Gasteiger charge is -2.60. The molecule has 4 aliphatic carbocycles. The number of ether oxygens (including phenoxy) is 1. The molecule has 0 aromatic rings. The van der Waals surface area contributed by atoms with Gasteiger partial charge in [-0.3, -0.25) is 0 Å². The van der Waals surface area contributed by atoms with Crippen LogP contribution in [0.15, 0.2) is 12.7 Å². The predicted molar refractivity (Wildman–Crippen MR) is 75.6 cm³/mol. The van der Waals surface area contributed by atoms with Crippen LogP contribution in [0.2, 0.25) is 0 Å². The number of carbonyl (C=O) groups is 1. The van der Waals surface area contributed by atoms with Crippen molar-refractivity contribution in [3.8, 4) is 0 Å². The fraction of sp³-hybridized carbons (Fsp3) is 0.824. The molecule has 2 nitrogen and oxygen atoms in total. The van der Waals surface area contributed by atoms with E-state index in [-0.39, 0.29) is 11.6 Å². The van der Waals surface area contributed by atoms with Crippen LogP contribution in [0.5, 0.6) is 0 Å². The van der Waals surface area contributed by atoms with Gasteiger partial charge in [0, 0.05) is 12.0 Å². The largest absolute Gasteiger partial charge is 0.456 e. The number of esters is 1. The first-order chi connectivity index (χ1) is 9.16. The predicted octanol–water partition coefficient (Wildman–Crippen LogP) is 4.10. The van der Waals surface area contributed by atoms with Gasteiger partial charge in [0.2, 0.25) is 0 Å². The van der Waals surface area contributed by atoms with Gasteiger partial charge in [0.15, 0.2) is 0 Å². The highest BCUT2D eigenvalue weighted by Gasteiger charge is 2.58. The van der Waals surface area contributed by atoms with Crippen LogP contribution in [0.1, 0.15) is 58.3 Å². The monoisotopic (exact) mass is 262 g/mol. The summed E-state index contributed by atoms with van der Waals surface area (Å²) in [6.07, 6.45) is 11.5. The summed E-state index contributed by atoms with van der Waals surface area (Å²) in [6, 6.07) is 0. The van der Waals surface area contributed by atoms with Crippen LogP contribution < -0.4 is 0 Å². The number of carbonyl (C=O) groups excluding carboxylic acids is 1. The quantitative estimate of drug-likeness (QED) is 0.551. The van der Waals surface area contributed by atoms with Crippen molar-refractivity contribution in [1.29, 1.82) is 0 Å². The van der Waals surface area contributed by atoms with E-state index in [1.54, 1.807) is 0 Å². The molecular formula is C17H26O2. The van der Waals surface area contributed by atoms with E-state index in [4.69, 9.17) is 4.74 Å². The minimum Gasteiger partial charge on any atom is -0.456 e. The van der Waals surface area contributed by atoms with Crippen molar-refractivity contribution >= 4 is 5.97 Å². The van der Waals surface area contributed by atoms with Crippen molar-refractivity contribution in [3.63, 3.8) is 0 Å². The second-order valence-electron chi connectivity index (χ2n) is 7.05. The summed E-state index contributed by atoms with van der Waals surface area (Å²) in [5.41, 5.74) is -0.130. The maximum Gasteiger partial charge on any atom is 0.330 e. The van der Waals surface area contributed by atoms with Crippen LogP contribution in [0.3, 0.4) is 0 Å². The molecule has 0 heterocycles. The zero-order valence-corrected chi connectivity index (χ0v) is 12.1. The Bertz CT molecular complexity index is 359. The minimum absolute atomic E-state index is 0.130. The molecule has 0 saturated heterocycles. The lowest BCUT2D eigenvalue weighted by molar-refractivity contribution is -0.205. The van der Waals surface area contributed by atoms with Gasteiger partial charge < -0.3 is 4.74 Å². The number of unbranched alkanes of at least 4 members (excludes halogenated alkanes) is 1. The Morgan fingerprint density at radius 2 is 2.00 bits per heavy atom. The Morgan fingerprint density at radius 3 is 2.58 bits per heavy atom. The van der Waals surface area contributed by atoms with Crippen molar-refractivity contribution in [2.45, 2.75) is 63.9 Å². The number of hydrogen-bond donors (Lipinski definition) is 0. The first-order valence-electron chi connectivity index (χ1n) is 8.02. The van der Waals surface area contributed by atoms with Crippen molar-refractivity contribution in [1.82, 2.24) is 0 Å². The highest BCUT2D eigenvalue weighted by Crippen LogP contribution is 2.61. The normalized spacial score (nSPS) is 43.2. The smallest absolute Gasteiger partial charge is 0.330 e. The summed E-state index contributed by atoms with van der Waals surface area (Å²) in [7, 11) is 0. The van der Waals surface area contributed by atoms with Crippen molar-refractivity contribution < 1.29 is 9.53 Å². The topological polar surface area (TPSA) is 26.3 Å². The molecule has 0 aliphatic heterocycles. The van der Waals surface area contributed by atoms with Crippen LogP contribution in [-0.4, -0.2) is 11.6 Å². The average molecular weight is 262 g/mol. The van der Waals surface area contributed by atoms with Gasteiger partial charge in [-0.25, -0.2) is 4.79 Å². The average Bonchev–Trinajstić information content (AvgIpc) is 2.36. The van der Waals surface area contributed by atoms with Crippen molar-refractivity contribution in [2.75, 3.05) is 0 Å². The lowest BCUT2D eigenvalue weighted by Crippen LogP contribution is -2.59. The molecule has 4 saturated carbocycles. The second-order valence-corrected chi connectivity index (χ2v) is 7.05. The van der Waals surface area contributed by atoms with E-state index in [9.17, 15) is 4.79 Å². The Balaban J connectivity index is 1.83. The third-order valence-corrected chi connectivity index (χ3v) is 5.79. The van der Waals surface area contributed by atoms with Crippen molar-refractivity contribution in [2.24, 2.45) is 23.7 Å². The fourth-order valence-corrected chi connectivity index (χ4v) is 5.39. The van der Waals surface area contributed by atoms with E-state index in [0.29, 0.717) is 5.92 Å². The summed E-state index contributed by atoms with van der Waals surface area (Å²) < 4.78 is 5.95. The molecule has 4 bridgehead atoms. The first-order valence-corrected chi connectivity index (χ1v) is 8.02. The highest BCUT2D eigenvalue weighted by molar-refractivity contribution is 5.81. The molecule has 4 aliphatic rings. The SMILES string of the molecule is C=CC(=O)OC12CC3CC(CC(C3)C1CCCC)C2. The maximum absolute atomic E-state index is 11.8. The van der Waals surface area contributed by atoms with Crippen LogP contribution in [0.4, 0.5) is 0 Å². The summed E-state index contributed by atoms with van der Waals surface area (Å²) in [4.78, 5) is 11.8. The molecule has 0 aromatic heterocycles. The van der Waals surface area contributed by atoms with E-state index >= 15 is 0 Å². The van der Waals surface area contributed by atoms with E-state index in [2.05, 4.69) is 13.5 Å². The number of rotatable bonds is 5. The van der Waals surface area contributed by atoms with E-state index in [1.807, 2.05) is 0 Å². The second kappa shape index (κ2) is 4.96. The van der Waals surface area contributed by atoms with E-state index in [1.165, 1.54) is 44.6 Å². The highest BCUT2D eigenvalue weighted by atomic mass is 16.6. The van der Waals surface area contributed by atoms with E-state index < -0.39 is 0 Å². The van der Waals surface area contributed by atoms with Gasteiger partial charge in [-0.15, -0.1) is 0 Å². The Kier molecular flexibility index (Phi) is 3.44. The van der Waals surface area contributed by atoms with Crippen LogP contribution in [0, 0.1) is 23.7 Å². The van der Waals surface area contributed by atoms with Crippen molar-refractivity contribution in [3.05, 3.63) is 12.7 Å². The molecular weight excluding hydrogens is 236 g/mol. The molecule has 0 N–H and O–H groups in total. The molecule has 19 heavy (non-hydrogen) atoms. The summed E-state index contributed by atoms with van der Waals surface area (Å²) in [5, 5.41) is 0. The molecule has 3 atom stereocenters. The first kappa shape index (κ1) is 13.2. The van der Waals surface area contributed by atoms with Gasteiger partial charge in [-0.05, 0) is 56.3 Å². The molecule has 0 spiro atoms.